The fourth-order valence-electron chi connectivity index (χ4n) is 4.04. The maximum absolute atomic E-state index is 12.7. The largest absolute Gasteiger partial charge is 0.459 e. The third-order valence-corrected chi connectivity index (χ3v) is 5.47. The van der Waals surface area contributed by atoms with Crippen molar-refractivity contribution in [2.75, 3.05) is 11.9 Å². The van der Waals surface area contributed by atoms with Crippen LogP contribution < -0.4 is 10.6 Å². The molecule has 0 atom stereocenters. The molecule has 0 saturated heterocycles. The number of furan rings is 1. The lowest BCUT2D eigenvalue weighted by molar-refractivity contribution is -0.116. The fourth-order valence-corrected chi connectivity index (χ4v) is 4.04. The number of fused-ring (bicyclic) bond motifs is 1. The van der Waals surface area contributed by atoms with Crippen LogP contribution in [0.4, 0.5) is 5.82 Å². The van der Waals surface area contributed by atoms with E-state index in [-0.39, 0.29) is 24.0 Å². The molecule has 0 bridgehead atoms. The number of hydrogen-bond donors (Lipinski definition) is 2. The minimum absolute atomic E-state index is 0.184. The highest BCUT2D eigenvalue weighted by molar-refractivity contribution is 5.93. The Balaban J connectivity index is 1.47. The molecule has 2 heterocycles. The van der Waals surface area contributed by atoms with Gasteiger partial charge in [-0.1, -0.05) is 18.2 Å². The molecular formula is C24H24N4O3. The molecular weight excluding hydrogens is 392 g/mol. The summed E-state index contributed by atoms with van der Waals surface area (Å²) >= 11 is 0. The first kappa shape index (κ1) is 20.5. The average Bonchev–Trinajstić information content (AvgIpc) is 3.43. The predicted molar refractivity (Wildman–Crippen MR) is 116 cm³/mol. The molecule has 0 fully saturated rings. The standard InChI is InChI=1S/C24H24N4O3/c25-16-19-18-10-4-5-11-20(18)28(17-8-2-1-3-9-17)23(19)27-22(29)13-6-14-26-24(30)21-12-7-15-31-21/h1-3,7-9,12,15H,4-6,10-11,13-14H2,(H,26,30)(H,27,29). The number of para-hydroxylation sites is 1. The van der Waals surface area contributed by atoms with Crippen molar-refractivity contribution < 1.29 is 14.0 Å². The van der Waals surface area contributed by atoms with Crippen LogP contribution in [0.2, 0.25) is 0 Å². The first-order valence-corrected chi connectivity index (χ1v) is 10.5. The SMILES string of the molecule is N#Cc1c2c(n(-c3ccccc3)c1NC(=O)CCCNC(=O)c1ccco1)CCCC2. The topological polar surface area (TPSA) is 100 Å². The van der Waals surface area contributed by atoms with Gasteiger partial charge in [-0.05, 0) is 61.9 Å². The van der Waals surface area contributed by atoms with E-state index in [1.807, 2.05) is 34.9 Å². The summed E-state index contributed by atoms with van der Waals surface area (Å²) in [6.07, 6.45) is 5.99. The zero-order valence-corrected chi connectivity index (χ0v) is 17.2. The van der Waals surface area contributed by atoms with Gasteiger partial charge in [0.25, 0.3) is 5.91 Å². The van der Waals surface area contributed by atoms with E-state index in [0.717, 1.165) is 42.6 Å². The van der Waals surface area contributed by atoms with Gasteiger partial charge < -0.3 is 15.1 Å². The van der Waals surface area contributed by atoms with Gasteiger partial charge in [-0.3, -0.25) is 14.2 Å². The van der Waals surface area contributed by atoms with E-state index in [0.29, 0.717) is 24.3 Å². The maximum atomic E-state index is 12.7. The molecule has 0 unspecified atom stereocenters. The average molecular weight is 416 g/mol. The number of hydrogen-bond acceptors (Lipinski definition) is 4. The van der Waals surface area contributed by atoms with Crippen LogP contribution in [0.5, 0.6) is 0 Å². The van der Waals surface area contributed by atoms with Gasteiger partial charge >= 0.3 is 0 Å². The van der Waals surface area contributed by atoms with Crippen LogP contribution in [-0.2, 0) is 17.6 Å². The summed E-state index contributed by atoms with van der Waals surface area (Å²) in [4.78, 5) is 24.6. The Kier molecular flexibility index (Phi) is 6.18. The lowest BCUT2D eigenvalue weighted by atomic mass is 9.95. The van der Waals surface area contributed by atoms with Gasteiger partial charge in [0.1, 0.15) is 11.9 Å². The van der Waals surface area contributed by atoms with Crippen LogP contribution in [0, 0.1) is 11.3 Å². The van der Waals surface area contributed by atoms with E-state index in [9.17, 15) is 14.9 Å². The molecule has 3 aromatic rings. The van der Waals surface area contributed by atoms with Gasteiger partial charge in [0.15, 0.2) is 5.76 Å². The molecule has 1 aliphatic rings. The summed E-state index contributed by atoms with van der Waals surface area (Å²) in [5.74, 6) is 0.304. The highest BCUT2D eigenvalue weighted by Crippen LogP contribution is 2.35. The van der Waals surface area contributed by atoms with Crippen LogP contribution in [0.15, 0.2) is 53.1 Å². The summed E-state index contributed by atoms with van der Waals surface area (Å²) in [5.41, 5.74) is 3.63. The van der Waals surface area contributed by atoms with E-state index in [4.69, 9.17) is 4.42 Å². The Bertz CT molecular complexity index is 1110. The zero-order chi connectivity index (χ0) is 21.6. The molecule has 4 rings (SSSR count). The number of rotatable bonds is 7. The second-order valence-electron chi connectivity index (χ2n) is 7.52. The third kappa shape index (κ3) is 4.38. The van der Waals surface area contributed by atoms with Gasteiger partial charge in [0.05, 0.1) is 11.8 Å². The molecule has 2 N–H and O–H groups in total. The van der Waals surface area contributed by atoms with Crippen LogP contribution >= 0.6 is 0 Å². The van der Waals surface area contributed by atoms with Crippen LogP contribution in [0.3, 0.4) is 0 Å². The highest BCUT2D eigenvalue weighted by Gasteiger charge is 2.26. The second kappa shape index (κ2) is 9.35. The molecule has 0 spiro atoms. The molecule has 158 valence electrons. The summed E-state index contributed by atoms with van der Waals surface area (Å²) in [7, 11) is 0. The smallest absolute Gasteiger partial charge is 0.286 e. The lowest BCUT2D eigenvalue weighted by Crippen LogP contribution is -2.25. The van der Waals surface area contributed by atoms with Crippen molar-refractivity contribution in [2.24, 2.45) is 0 Å². The number of benzene rings is 1. The van der Waals surface area contributed by atoms with Crippen molar-refractivity contribution in [3.8, 4) is 11.8 Å². The summed E-state index contributed by atoms with van der Waals surface area (Å²) in [5, 5.41) is 15.5. The molecule has 0 saturated carbocycles. The van der Waals surface area contributed by atoms with Gasteiger partial charge in [-0.2, -0.15) is 5.26 Å². The summed E-state index contributed by atoms with van der Waals surface area (Å²) in [6, 6.07) is 15.4. The molecule has 0 aliphatic heterocycles. The number of aromatic nitrogens is 1. The Labute approximate surface area is 180 Å². The maximum Gasteiger partial charge on any atom is 0.286 e. The quantitative estimate of drug-likeness (QED) is 0.569. The number of nitrogens with one attached hydrogen (secondary N) is 2. The number of amides is 2. The van der Waals surface area contributed by atoms with E-state index >= 15 is 0 Å². The van der Waals surface area contributed by atoms with Crippen molar-refractivity contribution >= 4 is 17.6 Å². The number of carbonyl (C=O) groups excluding carboxylic acids is 2. The van der Waals surface area contributed by atoms with E-state index in [1.54, 1.807) is 12.1 Å². The van der Waals surface area contributed by atoms with Crippen LogP contribution in [-0.4, -0.2) is 22.9 Å². The predicted octanol–water partition coefficient (Wildman–Crippen LogP) is 3.97. The minimum Gasteiger partial charge on any atom is -0.459 e. The Morgan fingerprint density at radius 2 is 1.90 bits per heavy atom. The number of nitriles is 1. The number of nitrogens with zero attached hydrogens (tertiary/aromatic N) is 2. The Morgan fingerprint density at radius 1 is 1.10 bits per heavy atom. The van der Waals surface area contributed by atoms with Crippen molar-refractivity contribution in [1.29, 1.82) is 5.26 Å². The van der Waals surface area contributed by atoms with Crippen molar-refractivity contribution in [3.63, 3.8) is 0 Å². The zero-order valence-electron chi connectivity index (χ0n) is 17.2. The van der Waals surface area contributed by atoms with Crippen molar-refractivity contribution in [1.82, 2.24) is 9.88 Å². The van der Waals surface area contributed by atoms with Crippen LogP contribution in [0.25, 0.3) is 5.69 Å². The molecule has 1 aliphatic carbocycles. The fraction of sp³-hybridized carbons (Fsp3) is 0.292. The monoisotopic (exact) mass is 416 g/mol. The summed E-state index contributed by atoms with van der Waals surface area (Å²) < 4.78 is 7.07. The van der Waals surface area contributed by atoms with E-state index in [2.05, 4.69) is 16.7 Å². The molecule has 2 aromatic heterocycles. The van der Waals surface area contributed by atoms with Gasteiger partial charge in [0.2, 0.25) is 5.91 Å². The van der Waals surface area contributed by atoms with Gasteiger partial charge in [0, 0.05) is 24.3 Å². The molecule has 31 heavy (non-hydrogen) atoms. The Morgan fingerprint density at radius 3 is 2.65 bits per heavy atom. The first-order valence-electron chi connectivity index (χ1n) is 10.5. The molecule has 0 radical (unpaired) electrons. The molecule has 2 amide bonds. The van der Waals surface area contributed by atoms with Crippen molar-refractivity contribution in [2.45, 2.75) is 38.5 Å². The van der Waals surface area contributed by atoms with Gasteiger partial charge in [-0.15, -0.1) is 0 Å². The third-order valence-electron chi connectivity index (χ3n) is 5.47. The molecule has 7 nitrogen and oxygen atoms in total. The second-order valence-corrected chi connectivity index (χ2v) is 7.52. The number of carbonyl (C=O) groups is 2. The number of anilines is 1. The van der Waals surface area contributed by atoms with E-state index < -0.39 is 0 Å². The first-order chi connectivity index (χ1) is 15.2. The highest BCUT2D eigenvalue weighted by atomic mass is 16.3. The van der Waals surface area contributed by atoms with Gasteiger partial charge in [-0.25, -0.2) is 0 Å². The lowest BCUT2D eigenvalue weighted by Gasteiger charge is -2.17. The normalized spacial score (nSPS) is 12.6. The Hall–Kier alpha value is -3.79. The molecule has 7 heteroatoms. The molecule has 1 aromatic carbocycles. The van der Waals surface area contributed by atoms with E-state index in [1.165, 1.54) is 6.26 Å². The van der Waals surface area contributed by atoms with Crippen LogP contribution in [0.1, 0.15) is 53.1 Å². The minimum atomic E-state index is -0.303. The summed E-state index contributed by atoms with van der Waals surface area (Å²) in [6.45, 7) is 0.355. The van der Waals surface area contributed by atoms with Crippen molar-refractivity contribution in [3.05, 3.63) is 71.3 Å².